The van der Waals surface area contributed by atoms with Crippen LogP contribution in [0.15, 0.2) is 30.6 Å². The number of amides is 1. The van der Waals surface area contributed by atoms with Crippen molar-refractivity contribution < 1.29 is 18.3 Å². The van der Waals surface area contributed by atoms with E-state index in [-0.39, 0.29) is 22.6 Å². The average molecular weight is 384 g/mol. The van der Waals surface area contributed by atoms with E-state index in [1.54, 1.807) is 6.92 Å². The third-order valence-electron chi connectivity index (χ3n) is 5.66. The Hall–Kier alpha value is -3.08. The highest BCUT2D eigenvalue weighted by atomic mass is 19.1. The lowest BCUT2D eigenvalue weighted by Gasteiger charge is -2.68. The number of carbonyl (C=O) groups excluding carboxylic acids is 1. The van der Waals surface area contributed by atoms with Crippen LogP contribution in [0.1, 0.15) is 43.5 Å². The lowest BCUT2D eigenvalue weighted by Crippen LogP contribution is -2.69. The van der Waals surface area contributed by atoms with E-state index in [1.807, 2.05) is 6.07 Å². The molecule has 144 valence electrons. The van der Waals surface area contributed by atoms with Crippen molar-refractivity contribution in [3.8, 4) is 11.9 Å². The molecule has 3 saturated carbocycles. The quantitative estimate of drug-likeness (QED) is 0.827. The molecule has 1 unspecified atom stereocenters. The predicted molar refractivity (Wildman–Crippen MR) is 93.9 cm³/mol. The smallest absolute Gasteiger partial charge is 0.232 e. The molecule has 0 saturated heterocycles. The molecule has 3 fully saturated rings. The van der Waals surface area contributed by atoms with Gasteiger partial charge in [-0.25, -0.2) is 18.7 Å². The number of ether oxygens (including phenoxy) is 1. The normalized spacial score (nSPS) is 25.6. The zero-order valence-corrected chi connectivity index (χ0v) is 15.2. The standard InChI is InChI=1S/C20H18F2N4O2/c1-12(15-4-13(21)2-3-16(15)22)26-18(27)20-8-19(9-20,10-20)11-28-17-7-24-14(5-23)6-25-17/h2-4,6-7,12H,8-11H2,1H3,(H,26,27). The molecule has 1 atom stereocenters. The molecule has 2 bridgehead atoms. The second-order valence-corrected chi connectivity index (χ2v) is 7.81. The van der Waals surface area contributed by atoms with Crippen molar-refractivity contribution in [3.05, 3.63) is 53.5 Å². The summed E-state index contributed by atoms with van der Waals surface area (Å²) < 4.78 is 32.9. The summed E-state index contributed by atoms with van der Waals surface area (Å²) in [5.41, 5.74) is -0.146. The van der Waals surface area contributed by atoms with Gasteiger partial charge < -0.3 is 10.1 Å². The molecule has 8 heteroatoms. The van der Waals surface area contributed by atoms with Crippen LogP contribution in [-0.2, 0) is 4.79 Å². The molecule has 1 heterocycles. The first kappa shape index (κ1) is 18.3. The van der Waals surface area contributed by atoms with E-state index in [9.17, 15) is 13.6 Å². The van der Waals surface area contributed by atoms with Crippen molar-refractivity contribution in [1.29, 1.82) is 5.26 Å². The molecule has 1 amide bonds. The number of benzene rings is 1. The van der Waals surface area contributed by atoms with Gasteiger partial charge in [0.2, 0.25) is 11.8 Å². The molecule has 0 aliphatic heterocycles. The van der Waals surface area contributed by atoms with Gasteiger partial charge in [0.05, 0.1) is 30.5 Å². The first-order chi connectivity index (χ1) is 13.3. The molecule has 28 heavy (non-hydrogen) atoms. The van der Waals surface area contributed by atoms with Gasteiger partial charge in [-0.15, -0.1) is 0 Å². The number of aromatic nitrogens is 2. The average Bonchev–Trinajstić information content (AvgIpc) is 2.62. The molecule has 5 rings (SSSR count). The number of hydrogen-bond donors (Lipinski definition) is 1. The summed E-state index contributed by atoms with van der Waals surface area (Å²) in [5, 5.41) is 11.5. The van der Waals surface area contributed by atoms with Gasteiger partial charge in [-0.2, -0.15) is 5.26 Å². The molecule has 1 N–H and O–H groups in total. The van der Waals surface area contributed by atoms with Gasteiger partial charge in [0.1, 0.15) is 17.7 Å². The minimum Gasteiger partial charge on any atom is -0.476 e. The summed E-state index contributed by atoms with van der Waals surface area (Å²) in [6.45, 7) is 2.07. The van der Waals surface area contributed by atoms with Crippen LogP contribution in [0.4, 0.5) is 8.78 Å². The van der Waals surface area contributed by atoms with Crippen LogP contribution in [0, 0.1) is 33.8 Å². The third-order valence-corrected chi connectivity index (χ3v) is 5.66. The first-order valence-electron chi connectivity index (χ1n) is 8.96. The van der Waals surface area contributed by atoms with Crippen LogP contribution in [0.3, 0.4) is 0 Å². The molecule has 1 aromatic carbocycles. The minimum absolute atomic E-state index is 0.0553. The molecule has 3 aliphatic rings. The number of nitrogens with zero attached hydrogens (tertiary/aromatic N) is 3. The van der Waals surface area contributed by atoms with Crippen LogP contribution in [0.2, 0.25) is 0 Å². The number of hydrogen-bond acceptors (Lipinski definition) is 5. The van der Waals surface area contributed by atoms with E-state index >= 15 is 0 Å². The molecule has 3 aliphatic carbocycles. The van der Waals surface area contributed by atoms with Gasteiger partial charge in [-0.3, -0.25) is 4.79 Å². The van der Waals surface area contributed by atoms with Gasteiger partial charge >= 0.3 is 0 Å². The summed E-state index contributed by atoms with van der Waals surface area (Å²) >= 11 is 0. The third kappa shape index (κ3) is 3.07. The molecular formula is C20H18F2N4O2. The van der Waals surface area contributed by atoms with Gasteiger partial charge in [0.15, 0.2) is 5.69 Å². The molecule has 0 radical (unpaired) electrons. The highest BCUT2D eigenvalue weighted by Gasteiger charge is 2.71. The van der Waals surface area contributed by atoms with E-state index in [4.69, 9.17) is 10.00 Å². The topological polar surface area (TPSA) is 87.9 Å². The minimum atomic E-state index is -0.613. The van der Waals surface area contributed by atoms with Crippen LogP contribution in [-0.4, -0.2) is 22.5 Å². The molecule has 1 aromatic heterocycles. The predicted octanol–water partition coefficient (Wildman–Crippen LogP) is 3.05. The second-order valence-electron chi connectivity index (χ2n) is 7.81. The van der Waals surface area contributed by atoms with E-state index in [0.29, 0.717) is 31.7 Å². The van der Waals surface area contributed by atoms with Crippen LogP contribution in [0.5, 0.6) is 5.88 Å². The monoisotopic (exact) mass is 384 g/mol. The second kappa shape index (κ2) is 6.51. The lowest BCUT2D eigenvalue weighted by molar-refractivity contribution is -0.218. The SMILES string of the molecule is CC(NC(=O)C12CC(COc3cnc(C#N)cn3)(C1)C2)c1cc(F)ccc1F. The van der Waals surface area contributed by atoms with Gasteiger partial charge in [0.25, 0.3) is 0 Å². The fraction of sp³-hybridized carbons (Fsp3) is 0.400. The van der Waals surface area contributed by atoms with Crippen molar-refractivity contribution in [3.63, 3.8) is 0 Å². The number of halogens is 2. The van der Waals surface area contributed by atoms with Crippen molar-refractivity contribution >= 4 is 5.91 Å². The van der Waals surface area contributed by atoms with Crippen LogP contribution < -0.4 is 10.1 Å². The summed E-state index contributed by atoms with van der Waals surface area (Å²) in [4.78, 5) is 20.5. The maximum Gasteiger partial charge on any atom is 0.232 e. The Morgan fingerprint density at radius 1 is 1.32 bits per heavy atom. The molecule has 0 spiro atoms. The van der Waals surface area contributed by atoms with E-state index < -0.39 is 23.1 Å². The van der Waals surface area contributed by atoms with Crippen molar-refractivity contribution in [2.75, 3.05) is 6.61 Å². The Kier molecular flexibility index (Phi) is 4.26. The Bertz CT molecular complexity index is 951. The zero-order valence-electron chi connectivity index (χ0n) is 15.2. The lowest BCUT2D eigenvalue weighted by atomic mass is 9.35. The molecule has 6 nitrogen and oxygen atoms in total. The summed E-state index contributed by atoms with van der Waals surface area (Å²) in [6.07, 6.45) is 4.82. The highest BCUT2D eigenvalue weighted by molar-refractivity contribution is 5.86. The van der Waals surface area contributed by atoms with E-state index in [0.717, 1.165) is 18.2 Å². The molecular weight excluding hydrogens is 366 g/mol. The number of carbonyl (C=O) groups is 1. The first-order valence-corrected chi connectivity index (χ1v) is 8.96. The zero-order chi connectivity index (χ0) is 19.9. The number of nitrogens with one attached hydrogen (secondary N) is 1. The summed E-state index contributed by atoms with van der Waals surface area (Å²) in [6, 6.07) is 4.50. The highest BCUT2D eigenvalue weighted by Crippen LogP contribution is 2.73. The van der Waals surface area contributed by atoms with E-state index in [2.05, 4.69) is 15.3 Å². The largest absolute Gasteiger partial charge is 0.476 e. The van der Waals surface area contributed by atoms with Gasteiger partial charge in [0, 0.05) is 11.0 Å². The van der Waals surface area contributed by atoms with Crippen molar-refractivity contribution in [2.45, 2.75) is 32.2 Å². The summed E-state index contributed by atoms with van der Waals surface area (Å²) in [5.74, 6) is -0.869. The van der Waals surface area contributed by atoms with Gasteiger partial charge in [-0.1, -0.05) is 0 Å². The number of nitriles is 1. The Morgan fingerprint density at radius 2 is 2.07 bits per heavy atom. The van der Waals surface area contributed by atoms with Crippen molar-refractivity contribution in [1.82, 2.24) is 15.3 Å². The Balaban J connectivity index is 1.30. The Morgan fingerprint density at radius 3 is 2.71 bits per heavy atom. The van der Waals surface area contributed by atoms with Crippen molar-refractivity contribution in [2.24, 2.45) is 10.8 Å². The Labute approximate surface area is 160 Å². The fourth-order valence-corrected chi connectivity index (χ4v) is 4.34. The fourth-order valence-electron chi connectivity index (χ4n) is 4.34. The van der Waals surface area contributed by atoms with Gasteiger partial charge in [-0.05, 0) is 44.4 Å². The molecule has 2 aromatic rings. The maximum atomic E-state index is 13.9. The van der Waals surface area contributed by atoms with Crippen LogP contribution in [0.25, 0.3) is 0 Å². The van der Waals surface area contributed by atoms with Crippen LogP contribution >= 0.6 is 0 Å². The maximum absolute atomic E-state index is 13.9. The van der Waals surface area contributed by atoms with E-state index in [1.165, 1.54) is 12.4 Å². The summed E-state index contributed by atoms with van der Waals surface area (Å²) in [7, 11) is 0. The number of rotatable bonds is 6.